The smallest absolute Gasteiger partial charge is 0.360 e. The minimum atomic E-state index is -0.289. The van der Waals surface area contributed by atoms with E-state index in [2.05, 4.69) is 11.8 Å². The number of benzene rings is 2. The van der Waals surface area contributed by atoms with Crippen LogP contribution in [0.3, 0.4) is 0 Å². The highest BCUT2D eigenvalue weighted by Crippen LogP contribution is 2.46. The van der Waals surface area contributed by atoms with Gasteiger partial charge in [-0.3, -0.25) is 0 Å². The second kappa shape index (κ2) is 8.54. The summed E-state index contributed by atoms with van der Waals surface area (Å²) in [5, 5.41) is 11.6. The fourth-order valence-corrected chi connectivity index (χ4v) is 5.15. The van der Waals surface area contributed by atoms with Crippen LogP contribution < -0.4 is 10.5 Å². The molecule has 3 aliphatic heterocycles. The number of rotatable bonds is 5. The van der Waals surface area contributed by atoms with Crippen molar-refractivity contribution in [2.45, 2.75) is 50.9 Å². The van der Waals surface area contributed by atoms with Crippen molar-refractivity contribution in [2.75, 3.05) is 18.0 Å². The normalized spacial score (nSPS) is 16.3. The Bertz CT molecular complexity index is 1150. The fourth-order valence-electron chi connectivity index (χ4n) is 5.15. The number of anilines is 1. The Morgan fingerprint density at radius 2 is 1.90 bits per heavy atom. The third-order valence-corrected chi connectivity index (χ3v) is 6.83. The maximum Gasteiger partial charge on any atom is 0.360 e. The third-order valence-electron chi connectivity index (χ3n) is 6.83. The largest absolute Gasteiger partial charge is 0.507 e. The van der Waals surface area contributed by atoms with Gasteiger partial charge in [0.05, 0.1) is 5.39 Å². The highest BCUT2D eigenvalue weighted by Gasteiger charge is 2.36. The van der Waals surface area contributed by atoms with Crippen molar-refractivity contribution >= 4 is 29.1 Å². The number of piperidine rings is 1. The first-order chi connectivity index (χ1) is 14.5. The monoisotopic (exact) mass is 443 g/mol. The van der Waals surface area contributed by atoms with Crippen LogP contribution in [0.2, 0.25) is 0 Å². The molecule has 6 heteroatoms. The number of phenols is 1. The van der Waals surface area contributed by atoms with Crippen molar-refractivity contribution in [3.05, 3.63) is 69.3 Å². The van der Waals surface area contributed by atoms with E-state index in [0.717, 1.165) is 61.9 Å². The summed E-state index contributed by atoms with van der Waals surface area (Å²) in [6.45, 7) is 3.89. The zero-order valence-corrected chi connectivity index (χ0v) is 18.4. The van der Waals surface area contributed by atoms with Gasteiger partial charge in [-0.25, -0.2) is 9.18 Å². The molecule has 3 aliphatic rings. The molecule has 1 saturated heterocycles. The van der Waals surface area contributed by atoms with E-state index >= 15 is 0 Å². The zero-order chi connectivity index (χ0) is 20.8. The number of halogens is 2. The van der Waals surface area contributed by atoms with E-state index in [1.165, 1.54) is 12.1 Å². The molecule has 1 unspecified atom stereocenters. The average molecular weight is 444 g/mol. The standard InChI is InChI=1S/C25H26FNO3.ClH/c1-15(3-2-4-16-5-7-19(26)8-6-16)18-13-20(28)23-21(14-18)30-25(29)24-22(23)17-9-11-27(24)12-10-17;/h5-8,13-15,17,28H,2-4,9-12H2,1H3;1H. The number of nitrogens with zero attached hydrogens (tertiary/aromatic N) is 1. The van der Waals surface area contributed by atoms with Gasteiger partial charge < -0.3 is 14.4 Å². The van der Waals surface area contributed by atoms with E-state index in [1.807, 2.05) is 24.3 Å². The highest BCUT2D eigenvalue weighted by molar-refractivity contribution is 5.92. The number of hydrogen-bond donors (Lipinski definition) is 1. The summed E-state index contributed by atoms with van der Waals surface area (Å²) in [4.78, 5) is 14.8. The summed E-state index contributed by atoms with van der Waals surface area (Å²) in [5.74, 6) is 0.526. The minimum absolute atomic E-state index is 0. The van der Waals surface area contributed by atoms with E-state index in [4.69, 9.17) is 4.42 Å². The molecular formula is C25H27ClFNO3. The van der Waals surface area contributed by atoms with Gasteiger partial charge >= 0.3 is 5.63 Å². The lowest BCUT2D eigenvalue weighted by molar-refractivity contribution is 0.448. The summed E-state index contributed by atoms with van der Waals surface area (Å²) in [6.07, 6.45) is 4.80. The molecule has 164 valence electrons. The second-order valence-electron chi connectivity index (χ2n) is 8.75. The number of fused-ring (bicyclic) bond motifs is 3. The topological polar surface area (TPSA) is 53.7 Å². The SMILES string of the molecule is CC(CCCc1ccc(F)cc1)c1cc(O)c2c3c(c(=O)oc2c1)N1CCC3CC1.Cl. The van der Waals surface area contributed by atoms with Crippen molar-refractivity contribution in [3.8, 4) is 5.75 Å². The molecule has 0 radical (unpaired) electrons. The fraction of sp³-hybridized carbons (Fsp3) is 0.400. The zero-order valence-electron chi connectivity index (χ0n) is 17.6. The van der Waals surface area contributed by atoms with Gasteiger partial charge in [-0.2, -0.15) is 0 Å². The van der Waals surface area contributed by atoms with Gasteiger partial charge in [0, 0.05) is 18.7 Å². The molecule has 0 amide bonds. The Balaban J connectivity index is 0.00000231. The van der Waals surface area contributed by atoms with E-state index in [0.29, 0.717) is 22.6 Å². The number of phenolic OH excluding ortho intramolecular Hbond substituents is 1. The minimum Gasteiger partial charge on any atom is -0.507 e. The first-order valence-corrected chi connectivity index (χ1v) is 10.8. The molecule has 4 heterocycles. The summed E-state index contributed by atoms with van der Waals surface area (Å²) in [6, 6.07) is 10.4. The van der Waals surface area contributed by atoms with Gasteiger partial charge in [0.15, 0.2) is 0 Å². The van der Waals surface area contributed by atoms with E-state index in [9.17, 15) is 14.3 Å². The number of hydrogen-bond acceptors (Lipinski definition) is 4. The molecule has 0 aliphatic carbocycles. The predicted molar refractivity (Wildman–Crippen MR) is 123 cm³/mol. The van der Waals surface area contributed by atoms with Gasteiger partial charge in [-0.1, -0.05) is 19.1 Å². The Morgan fingerprint density at radius 3 is 2.61 bits per heavy atom. The molecule has 6 rings (SSSR count). The van der Waals surface area contributed by atoms with E-state index < -0.39 is 0 Å². The van der Waals surface area contributed by atoms with Crippen LogP contribution in [0.5, 0.6) is 5.75 Å². The molecule has 0 saturated carbocycles. The van der Waals surface area contributed by atoms with Crippen LogP contribution in [0.15, 0.2) is 45.6 Å². The maximum absolute atomic E-state index is 13.0. The van der Waals surface area contributed by atoms with Crippen molar-refractivity contribution < 1.29 is 13.9 Å². The lowest BCUT2D eigenvalue weighted by Crippen LogP contribution is -2.42. The van der Waals surface area contributed by atoms with Gasteiger partial charge in [-0.05, 0) is 79.3 Å². The Labute approximate surface area is 187 Å². The summed E-state index contributed by atoms with van der Waals surface area (Å²) < 4.78 is 18.7. The van der Waals surface area contributed by atoms with Gasteiger partial charge in [0.1, 0.15) is 22.8 Å². The van der Waals surface area contributed by atoms with E-state index in [-0.39, 0.29) is 35.5 Å². The summed E-state index contributed by atoms with van der Waals surface area (Å²) in [5.41, 5.74) is 3.93. The molecule has 0 spiro atoms. The van der Waals surface area contributed by atoms with Crippen molar-refractivity contribution in [1.29, 1.82) is 0 Å². The molecule has 1 fully saturated rings. The third kappa shape index (κ3) is 3.91. The lowest BCUT2D eigenvalue weighted by atomic mass is 9.81. The molecule has 2 aromatic carbocycles. The van der Waals surface area contributed by atoms with Crippen molar-refractivity contribution in [3.63, 3.8) is 0 Å². The van der Waals surface area contributed by atoms with Crippen LogP contribution in [0.1, 0.15) is 61.1 Å². The quantitative estimate of drug-likeness (QED) is 0.500. The molecule has 4 nitrogen and oxygen atoms in total. The predicted octanol–water partition coefficient (Wildman–Crippen LogP) is 5.88. The Morgan fingerprint density at radius 1 is 1.19 bits per heavy atom. The van der Waals surface area contributed by atoms with Crippen molar-refractivity contribution in [1.82, 2.24) is 0 Å². The molecule has 3 aromatic rings. The highest BCUT2D eigenvalue weighted by atomic mass is 35.5. The molecule has 1 N–H and O–H groups in total. The average Bonchev–Trinajstić information content (AvgIpc) is 2.75. The van der Waals surface area contributed by atoms with Crippen LogP contribution in [-0.4, -0.2) is 18.2 Å². The van der Waals surface area contributed by atoms with Crippen molar-refractivity contribution in [2.24, 2.45) is 0 Å². The first-order valence-electron chi connectivity index (χ1n) is 10.8. The summed E-state index contributed by atoms with van der Waals surface area (Å²) in [7, 11) is 0. The maximum atomic E-state index is 13.0. The van der Waals surface area contributed by atoms with E-state index in [1.54, 1.807) is 0 Å². The first kappa shape index (κ1) is 21.7. The molecule has 2 bridgehead atoms. The van der Waals surface area contributed by atoms with Crippen LogP contribution in [-0.2, 0) is 6.42 Å². The Kier molecular flexibility index (Phi) is 5.98. The van der Waals surface area contributed by atoms with Gasteiger partial charge in [0.2, 0.25) is 0 Å². The van der Waals surface area contributed by atoms with Crippen LogP contribution >= 0.6 is 12.4 Å². The second-order valence-corrected chi connectivity index (χ2v) is 8.75. The Hall–Kier alpha value is -2.53. The van der Waals surface area contributed by atoms with Crippen LogP contribution in [0.4, 0.5) is 10.1 Å². The lowest BCUT2D eigenvalue weighted by Gasteiger charge is -2.41. The van der Waals surface area contributed by atoms with Crippen LogP contribution in [0, 0.1) is 5.82 Å². The summed E-state index contributed by atoms with van der Waals surface area (Å²) >= 11 is 0. The molecular weight excluding hydrogens is 417 g/mol. The molecule has 1 atom stereocenters. The van der Waals surface area contributed by atoms with Gasteiger partial charge in [0.25, 0.3) is 0 Å². The molecule has 1 aromatic heterocycles. The number of aromatic hydroxyl groups is 1. The van der Waals surface area contributed by atoms with Crippen LogP contribution in [0.25, 0.3) is 11.0 Å². The number of aryl methyl sites for hydroxylation is 1. The van der Waals surface area contributed by atoms with Gasteiger partial charge in [-0.15, -0.1) is 12.4 Å². The molecule has 31 heavy (non-hydrogen) atoms.